The molecule has 1 aromatic rings. The zero-order chi connectivity index (χ0) is 15.0. The van der Waals surface area contributed by atoms with Crippen molar-refractivity contribution in [3.05, 3.63) is 29.6 Å². The SMILES string of the molecule is CCOC(OCC)C(Cc1ccc(OC)c(F)c1)NC. The third-order valence-electron chi connectivity index (χ3n) is 3.03. The van der Waals surface area contributed by atoms with Crippen molar-refractivity contribution >= 4 is 0 Å². The number of methoxy groups -OCH3 is 1. The Bertz CT molecular complexity index is 395. The molecule has 1 unspecified atom stereocenters. The Hall–Kier alpha value is -1.17. The Morgan fingerprint density at radius 3 is 2.30 bits per heavy atom. The second-order valence-electron chi connectivity index (χ2n) is 4.35. The summed E-state index contributed by atoms with van der Waals surface area (Å²) in [4.78, 5) is 0. The lowest BCUT2D eigenvalue weighted by atomic mass is 10.1. The van der Waals surface area contributed by atoms with Crippen molar-refractivity contribution < 1.29 is 18.6 Å². The topological polar surface area (TPSA) is 39.7 Å². The van der Waals surface area contributed by atoms with Gasteiger partial charge in [-0.15, -0.1) is 0 Å². The third kappa shape index (κ3) is 4.74. The molecule has 0 fully saturated rings. The summed E-state index contributed by atoms with van der Waals surface area (Å²) in [7, 11) is 3.30. The van der Waals surface area contributed by atoms with Gasteiger partial charge >= 0.3 is 0 Å². The number of hydrogen-bond acceptors (Lipinski definition) is 4. The van der Waals surface area contributed by atoms with Crippen molar-refractivity contribution in [1.29, 1.82) is 0 Å². The number of benzene rings is 1. The molecule has 1 atom stereocenters. The number of nitrogens with one attached hydrogen (secondary N) is 1. The van der Waals surface area contributed by atoms with E-state index in [1.165, 1.54) is 13.2 Å². The standard InChI is InChI=1S/C15H24FNO3/c1-5-19-15(20-6-2)13(17-3)10-11-7-8-14(18-4)12(16)9-11/h7-9,13,15,17H,5-6,10H2,1-4H3. The number of hydrogen-bond donors (Lipinski definition) is 1. The summed E-state index contributed by atoms with van der Waals surface area (Å²) in [6, 6.07) is 4.93. The van der Waals surface area contributed by atoms with Gasteiger partial charge in [0.15, 0.2) is 17.9 Å². The van der Waals surface area contributed by atoms with Crippen LogP contribution in [0.2, 0.25) is 0 Å². The Kier molecular flexibility index (Phi) is 7.51. The summed E-state index contributed by atoms with van der Waals surface area (Å²) in [6.45, 7) is 4.98. The van der Waals surface area contributed by atoms with E-state index in [1.54, 1.807) is 6.07 Å². The van der Waals surface area contributed by atoms with Crippen molar-refractivity contribution in [2.75, 3.05) is 27.4 Å². The zero-order valence-corrected chi connectivity index (χ0v) is 12.6. The van der Waals surface area contributed by atoms with Crippen molar-refractivity contribution in [1.82, 2.24) is 5.32 Å². The maximum Gasteiger partial charge on any atom is 0.172 e. The lowest BCUT2D eigenvalue weighted by Crippen LogP contribution is -2.42. The maximum atomic E-state index is 13.7. The number of likely N-dealkylation sites (N-methyl/N-ethyl adjacent to an activating group) is 1. The maximum absolute atomic E-state index is 13.7. The fraction of sp³-hybridized carbons (Fsp3) is 0.600. The van der Waals surface area contributed by atoms with Gasteiger partial charge in [-0.25, -0.2) is 4.39 Å². The molecular formula is C15H24FNO3. The highest BCUT2D eigenvalue weighted by Gasteiger charge is 2.21. The van der Waals surface area contributed by atoms with Crippen molar-refractivity contribution in [2.45, 2.75) is 32.6 Å². The quantitative estimate of drug-likeness (QED) is 0.707. The Labute approximate surface area is 120 Å². The van der Waals surface area contributed by atoms with Crippen molar-refractivity contribution in [3.8, 4) is 5.75 Å². The largest absolute Gasteiger partial charge is 0.494 e. The Morgan fingerprint density at radius 2 is 1.85 bits per heavy atom. The van der Waals surface area contributed by atoms with Gasteiger partial charge in [0.25, 0.3) is 0 Å². The summed E-state index contributed by atoms with van der Waals surface area (Å²) < 4.78 is 29.8. The van der Waals surface area contributed by atoms with E-state index in [0.717, 1.165) is 5.56 Å². The summed E-state index contributed by atoms with van der Waals surface area (Å²) in [6.07, 6.45) is 0.266. The minimum Gasteiger partial charge on any atom is -0.494 e. The molecule has 0 saturated carbocycles. The lowest BCUT2D eigenvalue weighted by molar-refractivity contribution is -0.152. The van der Waals surface area contributed by atoms with Crippen LogP contribution in [0.25, 0.3) is 0 Å². The molecule has 1 aromatic carbocycles. The molecular weight excluding hydrogens is 261 g/mol. The van der Waals surface area contributed by atoms with E-state index >= 15 is 0 Å². The van der Waals surface area contributed by atoms with Crippen LogP contribution in [0.4, 0.5) is 4.39 Å². The molecule has 4 nitrogen and oxygen atoms in total. The van der Waals surface area contributed by atoms with Gasteiger partial charge in [-0.1, -0.05) is 6.07 Å². The molecule has 0 heterocycles. The number of ether oxygens (including phenoxy) is 3. The minimum atomic E-state index is -0.357. The van der Waals surface area contributed by atoms with Crippen LogP contribution in [0.3, 0.4) is 0 Å². The summed E-state index contributed by atoms with van der Waals surface area (Å²) in [5.74, 6) is -0.106. The summed E-state index contributed by atoms with van der Waals surface area (Å²) in [5.41, 5.74) is 0.868. The third-order valence-corrected chi connectivity index (χ3v) is 3.03. The normalized spacial score (nSPS) is 12.7. The molecule has 114 valence electrons. The predicted molar refractivity (Wildman–Crippen MR) is 76.5 cm³/mol. The molecule has 0 aliphatic rings. The van der Waals surface area contributed by atoms with Crippen LogP contribution in [0.15, 0.2) is 18.2 Å². The summed E-state index contributed by atoms with van der Waals surface area (Å²) >= 11 is 0. The second-order valence-corrected chi connectivity index (χ2v) is 4.35. The molecule has 0 saturated heterocycles. The average molecular weight is 285 g/mol. The Balaban J connectivity index is 2.78. The van der Waals surface area contributed by atoms with Gasteiger partial charge in [0, 0.05) is 13.2 Å². The van der Waals surface area contributed by atoms with Crippen LogP contribution < -0.4 is 10.1 Å². The van der Waals surface area contributed by atoms with Crippen molar-refractivity contribution in [2.24, 2.45) is 0 Å². The first-order valence-corrected chi connectivity index (χ1v) is 6.89. The highest BCUT2D eigenvalue weighted by atomic mass is 19.1. The van der Waals surface area contributed by atoms with Crippen LogP contribution in [0.1, 0.15) is 19.4 Å². The molecule has 0 amide bonds. The van der Waals surface area contributed by atoms with Gasteiger partial charge < -0.3 is 19.5 Å². The second kappa shape index (κ2) is 8.89. The Morgan fingerprint density at radius 1 is 1.20 bits per heavy atom. The molecule has 0 aliphatic heterocycles. The summed E-state index contributed by atoms with van der Waals surface area (Å²) in [5, 5.41) is 3.16. The van der Waals surface area contributed by atoms with E-state index in [1.807, 2.05) is 27.0 Å². The van der Waals surface area contributed by atoms with Crippen LogP contribution in [0, 0.1) is 5.82 Å². The number of rotatable bonds is 9. The zero-order valence-electron chi connectivity index (χ0n) is 12.6. The smallest absolute Gasteiger partial charge is 0.172 e. The molecule has 0 aromatic heterocycles. The van der Waals surface area contributed by atoms with Gasteiger partial charge in [0.1, 0.15) is 0 Å². The molecule has 0 radical (unpaired) electrons. The minimum absolute atomic E-state index is 0.0392. The predicted octanol–water partition coefficient (Wildman–Crippen LogP) is 2.36. The molecule has 0 aliphatic carbocycles. The lowest BCUT2D eigenvalue weighted by Gasteiger charge is -2.26. The van der Waals surface area contributed by atoms with Crippen LogP contribution in [0.5, 0.6) is 5.75 Å². The first-order valence-electron chi connectivity index (χ1n) is 6.89. The first kappa shape index (κ1) is 16.9. The highest BCUT2D eigenvalue weighted by Crippen LogP contribution is 2.19. The van der Waals surface area contributed by atoms with Gasteiger partial charge in [-0.05, 0) is 45.0 Å². The van der Waals surface area contributed by atoms with E-state index in [-0.39, 0.29) is 23.9 Å². The van der Waals surface area contributed by atoms with E-state index < -0.39 is 0 Å². The van der Waals surface area contributed by atoms with E-state index in [0.29, 0.717) is 19.6 Å². The average Bonchev–Trinajstić information content (AvgIpc) is 2.45. The van der Waals surface area contributed by atoms with Crippen LogP contribution >= 0.6 is 0 Å². The molecule has 0 spiro atoms. The van der Waals surface area contributed by atoms with Crippen LogP contribution in [-0.2, 0) is 15.9 Å². The molecule has 5 heteroatoms. The van der Waals surface area contributed by atoms with Crippen molar-refractivity contribution in [3.63, 3.8) is 0 Å². The molecule has 1 N–H and O–H groups in total. The molecule has 0 bridgehead atoms. The van der Waals surface area contributed by atoms with Gasteiger partial charge in [-0.3, -0.25) is 0 Å². The molecule has 20 heavy (non-hydrogen) atoms. The monoisotopic (exact) mass is 285 g/mol. The number of halogens is 1. The fourth-order valence-electron chi connectivity index (χ4n) is 2.03. The fourth-order valence-corrected chi connectivity index (χ4v) is 2.03. The molecule has 1 rings (SSSR count). The van der Waals surface area contributed by atoms with Gasteiger partial charge in [0.05, 0.1) is 13.2 Å². The van der Waals surface area contributed by atoms with Gasteiger partial charge in [0.2, 0.25) is 0 Å². The van der Waals surface area contributed by atoms with E-state index in [2.05, 4.69) is 5.32 Å². The first-order chi connectivity index (χ1) is 9.65. The van der Waals surface area contributed by atoms with Crippen LogP contribution in [-0.4, -0.2) is 39.7 Å². The van der Waals surface area contributed by atoms with E-state index in [9.17, 15) is 4.39 Å². The van der Waals surface area contributed by atoms with Gasteiger partial charge in [-0.2, -0.15) is 0 Å². The van der Waals surface area contributed by atoms with E-state index in [4.69, 9.17) is 14.2 Å². The highest BCUT2D eigenvalue weighted by molar-refractivity contribution is 5.29.